The Bertz CT molecular complexity index is 616. The normalized spacial score (nSPS) is 16.4. The van der Waals surface area contributed by atoms with E-state index in [-0.39, 0.29) is 18.8 Å². The van der Waals surface area contributed by atoms with Crippen molar-refractivity contribution in [2.45, 2.75) is 84.2 Å². The minimum absolute atomic E-state index is 0.125. The maximum absolute atomic E-state index is 12.1. The first-order chi connectivity index (χ1) is 12.9. The summed E-state index contributed by atoms with van der Waals surface area (Å²) in [6, 6.07) is 0. The molecule has 1 aliphatic carbocycles. The minimum Gasteiger partial charge on any atom is -0.464 e. The van der Waals surface area contributed by atoms with Gasteiger partial charge in [-0.15, -0.1) is 5.73 Å². The third-order valence-electron chi connectivity index (χ3n) is 4.65. The molecule has 27 heavy (non-hydrogen) atoms. The van der Waals surface area contributed by atoms with Crippen molar-refractivity contribution in [3.05, 3.63) is 41.2 Å². The smallest absolute Gasteiger partial charge is 0.338 e. The van der Waals surface area contributed by atoms with Gasteiger partial charge in [0.25, 0.3) is 0 Å². The van der Waals surface area contributed by atoms with Crippen LogP contribution in [0.5, 0.6) is 0 Å². The van der Waals surface area contributed by atoms with E-state index in [1.54, 1.807) is 19.1 Å². The second-order valence-electron chi connectivity index (χ2n) is 7.16. The number of rotatable bonds is 12. The van der Waals surface area contributed by atoms with Gasteiger partial charge in [-0.2, -0.15) is 0 Å². The lowest BCUT2D eigenvalue weighted by molar-refractivity contribution is -0.162. The molecule has 0 spiro atoms. The standard InChI is InChI=1S/C23H34O4/c1-4-6-7-8-9-11-14-19-16-17-21(24)20(19)15-12-10-13-18-23(3,26)22(25)27-5-2/h11-14,26H,4-9,15-18H2,1-3H3/b14-11+. The van der Waals surface area contributed by atoms with Crippen LogP contribution in [-0.4, -0.2) is 29.1 Å². The average Bonchev–Trinajstić information content (AvgIpc) is 2.98. The number of Topliss-reactive ketones (excluding diaryl/α,β-unsaturated/α-hetero) is 1. The Morgan fingerprint density at radius 3 is 2.70 bits per heavy atom. The molecule has 4 heteroatoms. The molecule has 1 N–H and O–H groups in total. The van der Waals surface area contributed by atoms with Crippen molar-refractivity contribution < 1.29 is 19.4 Å². The third kappa shape index (κ3) is 8.55. The number of ketones is 1. The molecule has 0 saturated carbocycles. The van der Waals surface area contributed by atoms with Gasteiger partial charge in [0.2, 0.25) is 0 Å². The number of unbranched alkanes of at least 4 members (excludes halogenated alkanes) is 4. The molecule has 1 rings (SSSR count). The van der Waals surface area contributed by atoms with Crippen LogP contribution in [0, 0.1) is 0 Å². The molecule has 1 aliphatic rings. The SMILES string of the molecule is CCCCCC/C=C/C1=C(CC=C=CCC(C)(O)C(=O)OCC)C(=O)CC1. The highest BCUT2D eigenvalue weighted by atomic mass is 16.5. The Balaban J connectivity index is 2.58. The van der Waals surface area contributed by atoms with E-state index in [0.29, 0.717) is 12.8 Å². The van der Waals surface area contributed by atoms with Gasteiger partial charge in [-0.05, 0) is 50.8 Å². The van der Waals surface area contributed by atoms with Crippen LogP contribution in [0.15, 0.2) is 41.2 Å². The largest absolute Gasteiger partial charge is 0.464 e. The molecule has 0 aromatic rings. The van der Waals surface area contributed by atoms with Crippen molar-refractivity contribution in [3.63, 3.8) is 0 Å². The quantitative estimate of drug-likeness (QED) is 0.297. The zero-order valence-corrected chi connectivity index (χ0v) is 17.1. The summed E-state index contributed by atoms with van der Waals surface area (Å²) in [7, 11) is 0. The summed E-state index contributed by atoms with van der Waals surface area (Å²) in [5.41, 5.74) is 3.41. The molecule has 0 amide bonds. The topological polar surface area (TPSA) is 63.6 Å². The van der Waals surface area contributed by atoms with Gasteiger partial charge >= 0.3 is 5.97 Å². The summed E-state index contributed by atoms with van der Waals surface area (Å²) in [6.45, 7) is 5.57. The van der Waals surface area contributed by atoms with Crippen LogP contribution in [0.25, 0.3) is 0 Å². The Morgan fingerprint density at radius 2 is 2.00 bits per heavy atom. The fraction of sp³-hybridized carbons (Fsp3) is 0.609. The van der Waals surface area contributed by atoms with Crippen LogP contribution >= 0.6 is 0 Å². The van der Waals surface area contributed by atoms with Crippen molar-refractivity contribution in [1.82, 2.24) is 0 Å². The Kier molecular flexibility index (Phi) is 10.7. The van der Waals surface area contributed by atoms with Crippen molar-refractivity contribution in [2.75, 3.05) is 6.61 Å². The lowest BCUT2D eigenvalue weighted by Gasteiger charge is -2.18. The van der Waals surface area contributed by atoms with Crippen LogP contribution in [0.2, 0.25) is 0 Å². The van der Waals surface area contributed by atoms with Gasteiger partial charge < -0.3 is 9.84 Å². The van der Waals surface area contributed by atoms with Gasteiger partial charge in [-0.25, -0.2) is 4.79 Å². The number of carbonyl (C=O) groups excluding carboxylic acids is 2. The van der Waals surface area contributed by atoms with Crippen molar-refractivity contribution >= 4 is 11.8 Å². The van der Waals surface area contributed by atoms with Crippen molar-refractivity contribution in [2.24, 2.45) is 0 Å². The molecule has 0 radical (unpaired) electrons. The van der Waals surface area contributed by atoms with E-state index in [9.17, 15) is 14.7 Å². The molecule has 0 bridgehead atoms. The summed E-state index contributed by atoms with van der Waals surface area (Å²) in [5.74, 6) is -0.430. The maximum atomic E-state index is 12.1. The summed E-state index contributed by atoms with van der Waals surface area (Å²) >= 11 is 0. The third-order valence-corrected chi connectivity index (χ3v) is 4.65. The number of ether oxygens (including phenoxy) is 1. The Hall–Kier alpha value is -1.90. The lowest BCUT2D eigenvalue weighted by atomic mass is 10.0. The maximum Gasteiger partial charge on any atom is 0.338 e. The first kappa shape index (κ1) is 23.1. The average molecular weight is 375 g/mol. The fourth-order valence-corrected chi connectivity index (χ4v) is 2.94. The van der Waals surface area contributed by atoms with Gasteiger partial charge in [-0.3, -0.25) is 4.79 Å². The lowest BCUT2D eigenvalue weighted by Crippen LogP contribution is -2.36. The summed E-state index contributed by atoms with van der Waals surface area (Å²) in [6.07, 6.45) is 15.8. The van der Waals surface area contributed by atoms with E-state index in [0.717, 1.165) is 24.0 Å². The van der Waals surface area contributed by atoms with E-state index >= 15 is 0 Å². The minimum atomic E-state index is -1.55. The van der Waals surface area contributed by atoms with Crippen LogP contribution in [-0.2, 0) is 14.3 Å². The molecule has 0 fully saturated rings. The molecular weight excluding hydrogens is 340 g/mol. The number of carbonyl (C=O) groups is 2. The highest BCUT2D eigenvalue weighted by Gasteiger charge is 2.30. The molecule has 4 nitrogen and oxygen atoms in total. The molecule has 1 atom stereocenters. The summed E-state index contributed by atoms with van der Waals surface area (Å²) in [5, 5.41) is 10.1. The molecule has 0 saturated heterocycles. The van der Waals surface area contributed by atoms with Crippen LogP contribution < -0.4 is 0 Å². The summed E-state index contributed by atoms with van der Waals surface area (Å²) < 4.78 is 4.83. The van der Waals surface area contributed by atoms with Crippen LogP contribution in [0.4, 0.5) is 0 Å². The van der Waals surface area contributed by atoms with Crippen LogP contribution in [0.3, 0.4) is 0 Å². The molecular formula is C23H34O4. The van der Waals surface area contributed by atoms with Gasteiger partial charge in [0.1, 0.15) is 0 Å². The van der Waals surface area contributed by atoms with Crippen LogP contribution in [0.1, 0.15) is 78.6 Å². The second kappa shape index (κ2) is 12.5. The second-order valence-corrected chi connectivity index (χ2v) is 7.16. The zero-order valence-electron chi connectivity index (χ0n) is 17.1. The monoisotopic (exact) mass is 374 g/mol. The number of allylic oxidation sites excluding steroid dienone is 4. The molecule has 150 valence electrons. The van der Waals surface area contributed by atoms with E-state index in [4.69, 9.17) is 4.74 Å². The van der Waals surface area contributed by atoms with Gasteiger partial charge in [-0.1, -0.05) is 38.3 Å². The van der Waals surface area contributed by atoms with E-state index in [2.05, 4.69) is 24.8 Å². The van der Waals surface area contributed by atoms with E-state index in [1.165, 1.54) is 32.6 Å². The number of esters is 1. The molecule has 0 heterocycles. The highest BCUT2D eigenvalue weighted by Crippen LogP contribution is 2.27. The number of aliphatic hydroxyl groups is 1. The van der Waals surface area contributed by atoms with Gasteiger partial charge in [0.05, 0.1) is 6.61 Å². The van der Waals surface area contributed by atoms with Gasteiger partial charge in [0, 0.05) is 24.8 Å². The predicted molar refractivity (Wildman–Crippen MR) is 108 cm³/mol. The van der Waals surface area contributed by atoms with Crippen molar-refractivity contribution in [1.29, 1.82) is 0 Å². The fourth-order valence-electron chi connectivity index (χ4n) is 2.94. The predicted octanol–water partition coefficient (Wildman–Crippen LogP) is 4.98. The first-order valence-electron chi connectivity index (χ1n) is 10.1. The number of hydrogen-bond donors (Lipinski definition) is 1. The Morgan fingerprint density at radius 1 is 1.22 bits per heavy atom. The zero-order chi connectivity index (χ0) is 20.1. The molecule has 0 aromatic carbocycles. The van der Waals surface area contributed by atoms with E-state index < -0.39 is 11.6 Å². The Labute approximate surface area is 163 Å². The molecule has 1 unspecified atom stereocenters. The number of hydrogen-bond acceptors (Lipinski definition) is 4. The van der Waals surface area contributed by atoms with Gasteiger partial charge in [0.15, 0.2) is 11.4 Å². The molecule has 0 aromatic heterocycles. The van der Waals surface area contributed by atoms with Crippen molar-refractivity contribution in [3.8, 4) is 0 Å². The summed E-state index contributed by atoms with van der Waals surface area (Å²) in [4.78, 5) is 23.7. The molecule has 0 aliphatic heterocycles. The highest BCUT2D eigenvalue weighted by molar-refractivity contribution is 5.99. The van der Waals surface area contributed by atoms with E-state index in [1.807, 2.05) is 0 Å². The first-order valence-corrected chi connectivity index (χ1v) is 10.1.